The van der Waals surface area contributed by atoms with Crippen molar-refractivity contribution in [3.63, 3.8) is 0 Å². The second kappa shape index (κ2) is 6.83. The third-order valence-electron chi connectivity index (χ3n) is 4.30. The molecule has 0 saturated heterocycles. The van der Waals surface area contributed by atoms with Crippen molar-refractivity contribution in [3.8, 4) is 0 Å². The van der Waals surface area contributed by atoms with Crippen LogP contribution in [-0.2, 0) is 9.59 Å². The Labute approximate surface area is 139 Å². The number of benzene rings is 2. The molecule has 0 heterocycles. The molecule has 0 bridgehead atoms. The Hall–Kier alpha value is -2.69. The zero-order valence-corrected chi connectivity index (χ0v) is 13.0. The Bertz CT molecular complexity index is 747. The van der Waals surface area contributed by atoms with Gasteiger partial charge in [0.25, 0.3) is 0 Å². The minimum Gasteiger partial charge on any atom is -0.481 e. The van der Waals surface area contributed by atoms with Crippen LogP contribution in [0.25, 0.3) is 0 Å². The molecule has 1 aliphatic carbocycles. The van der Waals surface area contributed by atoms with Gasteiger partial charge in [0, 0.05) is 5.92 Å². The molecule has 5 heteroatoms. The molecule has 2 N–H and O–H groups in total. The molecule has 0 spiro atoms. The molecule has 0 aromatic heterocycles. The first-order valence-corrected chi connectivity index (χ1v) is 7.87. The maximum absolute atomic E-state index is 13.3. The number of amides is 1. The predicted molar refractivity (Wildman–Crippen MR) is 86.8 cm³/mol. The van der Waals surface area contributed by atoms with E-state index < -0.39 is 12.0 Å². The normalized spacial score (nSPS) is 20.2. The van der Waals surface area contributed by atoms with Crippen molar-refractivity contribution in [1.82, 2.24) is 5.32 Å². The molecule has 24 heavy (non-hydrogen) atoms. The molecular formula is C19H18FNO3. The highest BCUT2D eigenvalue weighted by Gasteiger charge is 2.44. The molecule has 1 amide bonds. The third-order valence-corrected chi connectivity index (χ3v) is 4.30. The van der Waals surface area contributed by atoms with E-state index in [0.29, 0.717) is 6.42 Å². The van der Waals surface area contributed by atoms with E-state index in [9.17, 15) is 14.0 Å². The van der Waals surface area contributed by atoms with E-state index in [4.69, 9.17) is 5.11 Å². The van der Waals surface area contributed by atoms with Gasteiger partial charge < -0.3 is 10.4 Å². The van der Waals surface area contributed by atoms with Crippen LogP contribution in [-0.4, -0.2) is 17.0 Å². The van der Waals surface area contributed by atoms with Gasteiger partial charge in [0.05, 0.1) is 12.5 Å². The summed E-state index contributed by atoms with van der Waals surface area (Å²) in [6.45, 7) is 0. The van der Waals surface area contributed by atoms with Crippen LogP contribution in [0, 0.1) is 11.7 Å². The average Bonchev–Trinajstić information content (AvgIpc) is 3.35. The number of carbonyl (C=O) groups is 2. The molecule has 3 rings (SSSR count). The number of hydrogen-bond donors (Lipinski definition) is 2. The highest BCUT2D eigenvalue weighted by molar-refractivity contribution is 5.84. The number of carboxylic acid groups (broad SMARTS) is 1. The van der Waals surface area contributed by atoms with E-state index in [0.717, 1.165) is 11.1 Å². The van der Waals surface area contributed by atoms with Gasteiger partial charge in [-0.3, -0.25) is 9.59 Å². The lowest BCUT2D eigenvalue weighted by Gasteiger charge is -2.17. The number of carboxylic acids is 1. The van der Waals surface area contributed by atoms with Gasteiger partial charge in [-0.25, -0.2) is 4.39 Å². The molecule has 0 aliphatic heterocycles. The van der Waals surface area contributed by atoms with E-state index in [1.807, 2.05) is 24.3 Å². The van der Waals surface area contributed by atoms with Crippen LogP contribution >= 0.6 is 0 Å². The third kappa shape index (κ3) is 3.79. The van der Waals surface area contributed by atoms with Crippen molar-refractivity contribution in [3.05, 3.63) is 71.5 Å². The van der Waals surface area contributed by atoms with Crippen molar-refractivity contribution in [1.29, 1.82) is 0 Å². The molecule has 1 aliphatic rings. The fourth-order valence-corrected chi connectivity index (χ4v) is 2.98. The molecule has 4 nitrogen and oxygen atoms in total. The smallest absolute Gasteiger partial charge is 0.305 e. The number of aliphatic carboxylic acids is 1. The van der Waals surface area contributed by atoms with Gasteiger partial charge in [0.2, 0.25) is 5.91 Å². The molecule has 2 aromatic rings. The van der Waals surface area contributed by atoms with E-state index in [1.165, 1.54) is 12.1 Å². The minimum atomic E-state index is -0.971. The summed E-state index contributed by atoms with van der Waals surface area (Å²) in [6.07, 6.45) is 0.483. The summed E-state index contributed by atoms with van der Waals surface area (Å²) < 4.78 is 13.3. The summed E-state index contributed by atoms with van der Waals surface area (Å²) in [4.78, 5) is 23.5. The Kier molecular flexibility index (Phi) is 4.60. The zero-order valence-electron chi connectivity index (χ0n) is 13.0. The molecule has 0 unspecified atom stereocenters. The molecule has 3 atom stereocenters. The Morgan fingerprint density at radius 2 is 1.92 bits per heavy atom. The first-order chi connectivity index (χ1) is 11.5. The fourth-order valence-electron chi connectivity index (χ4n) is 2.98. The first-order valence-electron chi connectivity index (χ1n) is 7.87. The molecule has 2 aromatic carbocycles. The second-order valence-electron chi connectivity index (χ2n) is 6.07. The first kappa shape index (κ1) is 16.2. The van der Waals surface area contributed by atoms with Crippen LogP contribution in [0.3, 0.4) is 0 Å². The standard InChI is InChI=1S/C19H18FNO3/c20-14-8-4-7-13(9-14)15-10-16(15)19(24)21-17(11-18(22)23)12-5-2-1-3-6-12/h1-9,15-17H,10-11H2,(H,21,24)(H,22,23)/t15-,16+,17+/m1/s1. The van der Waals surface area contributed by atoms with Crippen molar-refractivity contribution in [2.24, 2.45) is 5.92 Å². The van der Waals surface area contributed by atoms with Gasteiger partial charge in [0.1, 0.15) is 5.82 Å². The van der Waals surface area contributed by atoms with Crippen molar-refractivity contribution < 1.29 is 19.1 Å². The van der Waals surface area contributed by atoms with Crippen LogP contribution in [0.5, 0.6) is 0 Å². The number of nitrogens with one attached hydrogen (secondary N) is 1. The largest absolute Gasteiger partial charge is 0.481 e. The molecule has 1 fully saturated rings. The molecule has 0 radical (unpaired) electrons. The molecule has 1 saturated carbocycles. The SMILES string of the molecule is O=C(O)C[C@H](NC(=O)[C@H]1C[C@@H]1c1cccc(F)c1)c1ccccc1. The van der Waals surface area contributed by atoms with Gasteiger partial charge in [-0.15, -0.1) is 0 Å². The van der Waals surface area contributed by atoms with Crippen LogP contribution in [0.2, 0.25) is 0 Å². The van der Waals surface area contributed by atoms with Crippen molar-refractivity contribution in [2.45, 2.75) is 24.8 Å². The Morgan fingerprint density at radius 1 is 1.17 bits per heavy atom. The van der Waals surface area contributed by atoms with Crippen molar-refractivity contribution in [2.75, 3.05) is 0 Å². The topological polar surface area (TPSA) is 66.4 Å². The van der Waals surface area contributed by atoms with Gasteiger partial charge >= 0.3 is 5.97 Å². The number of rotatable bonds is 6. The highest BCUT2D eigenvalue weighted by atomic mass is 19.1. The number of hydrogen-bond acceptors (Lipinski definition) is 2. The maximum atomic E-state index is 13.3. The lowest BCUT2D eigenvalue weighted by Crippen LogP contribution is -2.31. The second-order valence-corrected chi connectivity index (χ2v) is 6.07. The summed E-state index contributed by atoms with van der Waals surface area (Å²) in [6, 6.07) is 14.8. The van der Waals surface area contributed by atoms with Crippen LogP contribution in [0.1, 0.15) is 35.9 Å². The predicted octanol–water partition coefficient (Wildman–Crippen LogP) is 3.26. The number of halogens is 1. The van der Waals surface area contributed by atoms with Crippen LogP contribution in [0.15, 0.2) is 54.6 Å². The van der Waals surface area contributed by atoms with Crippen molar-refractivity contribution >= 4 is 11.9 Å². The minimum absolute atomic E-state index is 0.00181. The van der Waals surface area contributed by atoms with E-state index >= 15 is 0 Å². The fraction of sp³-hybridized carbons (Fsp3) is 0.263. The average molecular weight is 327 g/mol. The van der Waals surface area contributed by atoms with Gasteiger partial charge in [-0.1, -0.05) is 42.5 Å². The summed E-state index contributed by atoms with van der Waals surface area (Å²) >= 11 is 0. The lowest BCUT2D eigenvalue weighted by molar-refractivity contribution is -0.137. The van der Waals surface area contributed by atoms with Gasteiger partial charge in [-0.2, -0.15) is 0 Å². The van der Waals surface area contributed by atoms with Crippen LogP contribution < -0.4 is 5.32 Å². The Morgan fingerprint density at radius 3 is 2.58 bits per heavy atom. The van der Waals surface area contributed by atoms with E-state index in [1.54, 1.807) is 18.2 Å². The maximum Gasteiger partial charge on any atom is 0.305 e. The van der Waals surface area contributed by atoms with Crippen LogP contribution in [0.4, 0.5) is 4.39 Å². The summed E-state index contributed by atoms with van der Waals surface area (Å²) in [5.41, 5.74) is 1.57. The van der Waals surface area contributed by atoms with Gasteiger partial charge in [0.15, 0.2) is 0 Å². The monoisotopic (exact) mass is 327 g/mol. The summed E-state index contributed by atoms with van der Waals surface area (Å²) in [5, 5.41) is 11.9. The summed E-state index contributed by atoms with van der Waals surface area (Å²) in [5.74, 6) is -1.69. The quantitative estimate of drug-likeness (QED) is 0.856. The van der Waals surface area contributed by atoms with E-state index in [-0.39, 0.29) is 30.0 Å². The highest BCUT2D eigenvalue weighted by Crippen LogP contribution is 2.47. The number of carbonyl (C=O) groups excluding carboxylic acids is 1. The Balaban J connectivity index is 1.67. The van der Waals surface area contributed by atoms with E-state index in [2.05, 4.69) is 5.32 Å². The molecule has 124 valence electrons. The lowest BCUT2D eigenvalue weighted by atomic mass is 10.0. The van der Waals surface area contributed by atoms with Gasteiger partial charge in [-0.05, 0) is 35.6 Å². The molecular weight excluding hydrogens is 309 g/mol. The zero-order chi connectivity index (χ0) is 17.1. The summed E-state index contributed by atoms with van der Waals surface area (Å²) in [7, 11) is 0.